The summed E-state index contributed by atoms with van der Waals surface area (Å²) in [6.45, 7) is 4.17. The largest absolute Gasteiger partial charge is 0.310 e. The molecule has 1 nitrogen and oxygen atoms in total. The van der Waals surface area contributed by atoms with Gasteiger partial charge in [0.1, 0.15) is 0 Å². The lowest BCUT2D eigenvalue weighted by atomic mass is 9.89. The molecule has 45 heavy (non-hydrogen) atoms. The maximum absolute atomic E-state index is 2.45. The zero-order valence-electron chi connectivity index (χ0n) is 25.9. The first-order chi connectivity index (χ1) is 22.2. The van der Waals surface area contributed by atoms with Gasteiger partial charge in [-0.15, -0.1) is 0 Å². The fraction of sp³-hybridized carbons (Fsp3) is 0.0909. The zero-order valence-corrected chi connectivity index (χ0v) is 25.9. The van der Waals surface area contributed by atoms with Crippen LogP contribution >= 0.6 is 0 Å². The molecule has 218 valence electrons. The fourth-order valence-corrected chi connectivity index (χ4v) is 6.62. The molecule has 0 aliphatic heterocycles. The van der Waals surface area contributed by atoms with Crippen molar-refractivity contribution in [3.63, 3.8) is 0 Å². The number of allylic oxidation sites excluding steroid dienone is 8. The van der Waals surface area contributed by atoms with Crippen molar-refractivity contribution >= 4 is 49.8 Å². The van der Waals surface area contributed by atoms with Gasteiger partial charge in [0.25, 0.3) is 0 Å². The van der Waals surface area contributed by atoms with Crippen molar-refractivity contribution in [2.75, 3.05) is 4.90 Å². The van der Waals surface area contributed by atoms with Crippen molar-refractivity contribution in [2.45, 2.75) is 26.7 Å². The third kappa shape index (κ3) is 5.54. The second kappa shape index (κ2) is 12.7. The van der Waals surface area contributed by atoms with E-state index < -0.39 is 0 Å². The van der Waals surface area contributed by atoms with Crippen LogP contribution in [0, 0.1) is 0 Å². The predicted molar refractivity (Wildman–Crippen MR) is 196 cm³/mol. The van der Waals surface area contributed by atoms with E-state index in [4.69, 9.17) is 0 Å². The second-order valence-electron chi connectivity index (χ2n) is 11.5. The molecule has 0 fully saturated rings. The van der Waals surface area contributed by atoms with Crippen LogP contribution in [0.5, 0.6) is 0 Å². The van der Waals surface area contributed by atoms with E-state index in [-0.39, 0.29) is 0 Å². The van der Waals surface area contributed by atoms with Gasteiger partial charge in [0.2, 0.25) is 0 Å². The Morgan fingerprint density at radius 1 is 0.644 bits per heavy atom. The average molecular weight is 580 g/mol. The summed E-state index contributed by atoms with van der Waals surface area (Å²) in [6, 6.07) is 46.7. The van der Waals surface area contributed by atoms with E-state index in [1.54, 1.807) is 0 Å². The average Bonchev–Trinajstić information content (AvgIpc) is 3.12. The van der Waals surface area contributed by atoms with Crippen LogP contribution in [0.25, 0.3) is 43.8 Å². The van der Waals surface area contributed by atoms with Crippen LogP contribution < -0.4 is 4.90 Å². The topological polar surface area (TPSA) is 3.24 Å². The standard InChI is InChI=1S/C44H37N/c1-3-15-32(4-2)33-24-26-37(27-25-33)45(44-30-36-20-11-12-21-39(36)41-22-13-14-23-42(41)44)38-28-29-40(34-16-7-5-8-17-34)43(31-38)35-18-9-6-10-19-35/h3-9,11-18,20-31H,10,19H2,1-2H3/b15-3-,32-4+. The summed E-state index contributed by atoms with van der Waals surface area (Å²) >= 11 is 0. The lowest BCUT2D eigenvalue weighted by Crippen LogP contribution is -2.11. The highest BCUT2D eigenvalue weighted by Gasteiger charge is 2.20. The molecule has 6 aromatic rings. The summed E-state index contributed by atoms with van der Waals surface area (Å²) in [6.07, 6.45) is 15.3. The van der Waals surface area contributed by atoms with Gasteiger partial charge in [-0.05, 0) is 107 Å². The van der Waals surface area contributed by atoms with Crippen LogP contribution in [0.4, 0.5) is 17.1 Å². The van der Waals surface area contributed by atoms with Gasteiger partial charge in [-0.2, -0.15) is 0 Å². The van der Waals surface area contributed by atoms with Crippen LogP contribution in [0.3, 0.4) is 0 Å². The quantitative estimate of drug-likeness (QED) is 0.134. The van der Waals surface area contributed by atoms with E-state index in [0.29, 0.717) is 0 Å². The first kappa shape index (κ1) is 28.4. The van der Waals surface area contributed by atoms with Gasteiger partial charge in [0.15, 0.2) is 0 Å². The Kier molecular flexibility index (Phi) is 8.00. The number of fused-ring (bicyclic) bond motifs is 3. The number of hydrogen-bond acceptors (Lipinski definition) is 1. The highest BCUT2D eigenvalue weighted by molar-refractivity contribution is 6.14. The van der Waals surface area contributed by atoms with Crippen LogP contribution in [0.15, 0.2) is 164 Å². The number of nitrogens with zero attached hydrogens (tertiary/aromatic N) is 1. The van der Waals surface area contributed by atoms with Gasteiger partial charge in [0, 0.05) is 16.8 Å². The lowest BCUT2D eigenvalue weighted by Gasteiger charge is -2.29. The minimum Gasteiger partial charge on any atom is -0.310 e. The molecule has 7 rings (SSSR count). The molecule has 0 unspecified atom stereocenters. The second-order valence-corrected chi connectivity index (χ2v) is 11.5. The van der Waals surface area contributed by atoms with Crippen molar-refractivity contribution in [1.29, 1.82) is 0 Å². The molecule has 0 heterocycles. The minimum atomic E-state index is 1.03. The van der Waals surface area contributed by atoms with Gasteiger partial charge in [0.05, 0.1) is 5.69 Å². The van der Waals surface area contributed by atoms with Gasteiger partial charge in [-0.3, -0.25) is 0 Å². The minimum absolute atomic E-state index is 1.03. The molecule has 0 bridgehead atoms. The first-order valence-electron chi connectivity index (χ1n) is 15.9. The summed E-state index contributed by atoms with van der Waals surface area (Å²) in [5.41, 5.74) is 11.1. The highest BCUT2D eigenvalue weighted by Crippen LogP contribution is 2.44. The molecule has 1 heteroatoms. The normalized spacial score (nSPS) is 13.5. The molecule has 0 saturated heterocycles. The number of anilines is 3. The predicted octanol–water partition coefficient (Wildman–Crippen LogP) is 12.8. The van der Waals surface area contributed by atoms with E-state index in [9.17, 15) is 0 Å². The summed E-state index contributed by atoms with van der Waals surface area (Å²) in [4.78, 5) is 2.45. The molecular weight excluding hydrogens is 542 g/mol. The zero-order chi connectivity index (χ0) is 30.6. The Morgan fingerprint density at radius 3 is 2.09 bits per heavy atom. The Bertz CT molecular complexity index is 2110. The Balaban J connectivity index is 1.49. The van der Waals surface area contributed by atoms with Crippen LogP contribution in [-0.2, 0) is 0 Å². The van der Waals surface area contributed by atoms with Crippen molar-refractivity contribution in [3.05, 3.63) is 175 Å². The number of benzene rings is 6. The first-order valence-corrected chi connectivity index (χ1v) is 15.9. The Labute approximate surface area is 266 Å². The van der Waals surface area contributed by atoms with E-state index in [1.807, 2.05) is 0 Å². The van der Waals surface area contributed by atoms with Crippen LogP contribution in [-0.4, -0.2) is 0 Å². The monoisotopic (exact) mass is 579 g/mol. The highest BCUT2D eigenvalue weighted by atomic mass is 15.1. The van der Waals surface area contributed by atoms with E-state index in [2.05, 4.69) is 183 Å². The summed E-state index contributed by atoms with van der Waals surface area (Å²) < 4.78 is 0. The van der Waals surface area contributed by atoms with Crippen molar-refractivity contribution in [3.8, 4) is 11.1 Å². The smallest absolute Gasteiger partial charge is 0.0546 e. The van der Waals surface area contributed by atoms with Gasteiger partial charge < -0.3 is 4.90 Å². The third-order valence-corrected chi connectivity index (χ3v) is 8.81. The SMILES string of the molecule is C/C=C\C(=C/C)c1ccc(N(c2ccc(-c3ccccc3)c(C3=CC=CCC3)c2)c2cc3ccccc3c3ccccc23)cc1. The molecule has 0 saturated carbocycles. The van der Waals surface area contributed by atoms with E-state index in [1.165, 1.54) is 60.6 Å². The molecule has 0 atom stereocenters. The maximum Gasteiger partial charge on any atom is 0.0546 e. The van der Waals surface area contributed by atoms with Crippen LogP contribution in [0.1, 0.15) is 37.8 Å². The molecule has 0 radical (unpaired) electrons. The third-order valence-electron chi connectivity index (χ3n) is 8.81. The lowest BCUT2D eigenvalue weighted by molar-refractivity contribution is 1.05. The Morgan fingerprint density at radius 2 is 1.36 bits per heavy atom. The molecular formula is C44H37N. The van der Waals surface area contributed by atoms with E-state index in [0.717, 1.165) is 24.2 Å². The summed E-state index contributed by atoms with van der Waals surface area (Å²) in [5.74, 6) is 0. The number of rotatable bonds is 7. The number of hydrogen-bond donors (Lipinski definition) is 0. The molecule has 1 aliphatic carbocycles. The molecule has 6 aromatic carbocycles. The van der Waals surface area contributed by atoms with Gasteiger partial charge in [-0.1, -0.05) is 134 Å². The molecule has 0 amide bonds. The molecule has 0 spiro atoms. The van der Waals surface area contributed by atoms with Crippen molar-refractivity contribution in [1.82, 2.24) is 0 Å². The maximum atomic E-state index is 2.45. The molecule has 0 N–H and O–H groups in total. The van der Waals surface area contributed by atoms with Crippen molar-refractivity contribution < 1.29 is 0 Å². The Hall–Kier alpha value is -5.40. The van der Waals surface area contributed by atoms with Gasteiger partial charge in [-0.25, -0.2) is 0 Å². The molecule has 0 aromatic heterocycles. The molecule has 1 aliphatic rings. The summed E-state index contributed by atoms with van der Waals surface area (Å²) in [5, 5.41) is 5.00. The van der Waals surface area contributed by atoms with E-state index >= 15 is 0 Å². The van der Waals surface area contributed by atoms with Crippen molar-refractivity contribution in [2.24, 2.45) is 0 Å². The summed E-state index contributed by atoms with van der Waals surface area (Å²) in [7, 11) is 0. The van der Waals surface area contributed by atoms with Gasteiger partial charge >= 0.3 is 0 Å². The van der Waals surface area contributed by atoms with Crippen LogP contribution in [0.2, 0.25) is 0 Å². The fourth-order valence-electron chi connectivity index (χ4n) is 6.62.